The molecule has 1 aromatic carbocycles. The molecule has 0 heterocycles. The van der Waals surface area contributed by atoms with E-state index in [0.717, 1.165) is 43.5 Å². The minimum Gasteiger partial charge on any atom is -0.494 e. The minimum absolute atomic E-state index is 0.0262. The van der Waals surface area contributed by atoms with Gasteiger partial charge in [-0.1, -0.05) is 84.5 Å². The Kier molecular flexibility index (Phi) is 13.5. The molecule has 1 aliphatic carbocycles. The van der Waals surface area contributed by atoms with Crippen molar-refractivity contribution in [1.82, 2.24) is 0 Å². The second kappa shape index (κ2) is 16.2. The summed E-state index contributed by atoms with van der Waals surface area (Å²) in [5.74, 6) is 2.49. The molecular weight excluding hydrogens is 396 g/mol. The van der Waals surface area contributed by atoms with Gasteiger partial charge in [-0.2, -0.15) is 0 Å². The monoisotopic (exact) mass is 444 g/mol. The fourth-order valence-electron chi connectivity index (χ4n) is 4.91. The molecule has 1 atom stereocenters. The molecular formula is C29H48O3. The third-order valence-corrected chi connectivity index (χ3v) is 7.07. The molecule has 1 aliphatic rings. The van der Waals surface area contributed by atoms with Gasteiger partial charge in [-0.25, -0.2) is 4.79 Å². The Morgan fingerprint density at radius 2 is 1.44 bits per heavy atom. The van der Waals surface area contributed by atoms with Gasteiger partial charge in [0.25, 0.3) is 0 Å². The van der Waals surface area contributed by atoms with Crippen molar-refractivity contribution in [2.24, 2.45) is 11.8 Å². The van der Waals surface area contributed by atoms with Gasteiger partial charge in [0.2, 0.25) is 0 Å². The van der Waals surface area contributed by atoms with Gasteiger partial charge in [0.1, 0.15) is 5.75 Å². The Bertz CT molecular complexity index is 601. The number of carbonyl (C=O) groups excluding carboxylic acids is 1. The van der Waals surface area contributed by atoms with E-state index in [-0.39, 0.29) is 12.1 Å². The van der Waals surface area contributed by atoms with Gasteiger partial charge in [-0.15, -0.1) is 0 Å². The standard InChI is InChI=1S/C29H48O3/c1-4-6-8-10-12-24(3)32-29(30)27-19-21-28(22-20-27)31-23-11-14-26-17-15-25(16-18-26)13-9-7-5-2/h19-22,24-26H,4-18,23H2,1-3H3/t24-,25?,26?/m0/s1. The lowest BCUT2D eigenvalue weighted by atomic mass is 9.78. The first-order valence-corrected chi connectivity index (χ1v) is 13.6. The number of rotatable bonds is 16. The van der Waals surface area contributed by atoms with Crippen molar-refractivity contribution in [2.75, 3.05) is 6.61 Å². The summed E-state index contributed by atoms with van der Waals surface area (Å²) in [5, 5.41) is 0. The van der Waals surface area contributed by atoms with Crippen LogP contribution in [0.15, 0.2) is 24.3 Å². The van der Waals surface area contributed by atoms with Crippen molar-refractivity contribution >= 4 is 5.97 Å². The molecule has 0 aliphatic heterocycles. The SMILES string of the molecule is CCCCCC[C@H](C)OC(=O)c1ccc(OCCCC2CCC(CCCCC)CC2)cc1. The minimum atomic E-state index is -0.232. The summed E-state index contributed by atoms with van der Waals surface area (Å²) < 4.78 is 11.5. The molecule has 3 heteroatoms. The first-order valence-electron chi connectivity index (χ1n) is 13.6. The zero-order valence-electron chi connectivity index (χ0n) is 21.1. The molecule has 2 rings (SSSR count). The molecule has 1 aromatic rings. The Hall–Kier alpha value is -1.51. The highest BCUT2D eigenvalue weighted by molar-refractivity contribution is 5.89. The van der Waals surface area contributed by atoms with E-state index in [0.29, 0.717) is 5.56 Å². The van der Waals surface area contributed by atoms with Crippen LogP contribution in [0.5, 0.6) is 5.75 Å². The molecule has 0 N–H and O–H groups in total. The van der Waals surface area contributed by atoms with Gasteiger partial charge < -0.3 is 9.47 Å². The van der Waals surface area contributed by atoms with E-state index in [1.54, 1.807) is 0 Å². The second-order valence-electron chi connectivity index (χ2n) is 9.96. The third kappa shape index (κ3) is 10.9. The van der Waals surface area contributed by atoms with E-state index in [4.69, 9.17) is 9.47 Å². The smallest absolute Gasteiger partial charge is 0.338 e. The summed E-state index contributed by atoms with van der Waals surface area (Å²) in [6.45, 7) is 7.24. The van der Waals surface area contributed by atoms with Crippen LogP contribution in [0.2, 0.25) is 0 Å². The average molecular weight is 445 g/mol. The first-order chi connectivity index (χ1) is 15.6. The van der Waals surface area contributed by atoms with Gasteiger partial charge in [0.05, 0.1) is 18.3 Å². The Labute approximate surface area is 197 Å². The summed E-state index contributed by atoms with van der Waals surface area (Å²) in [5.41, 5.74) is 0.605. The lowest BCUT2D eigenvalue weighted by Gasteiger charge is -2.28. The topological polar surface area (TPSA) is 35.5 Å². The van der Waals surface area contributed by atoms with Crippen molar-refractivity contribution in [3.05, 3.63) is 29.8 Å². The van der Waals surface area contributed by atoms with Crippen molar-refractivity contribution in [3.63, 3.8) is 0 Å². The summed E-state index contributed by atoms with van der Waals surface area (Å²) in [4.78, 5) is 12.3. The van der Waals surface area contributed by atoms with Crippen molar-refractivity contribution in [3.8, 4) is 5.75 Å². The van der Waals surface area contributed by atoms with Crippen LogP contribution in [0.1, 0.15) is 127 Å². The zero-order chi connectivity index (χ0) is 23.0. The average Bonchev–Trinajstić information content (AvgIpc) is 2.81. The van der Waals surface area contributed by atoms with E-state index in [1.165, 1.54) is 77.0 Å². The molecule has 0 amide bonds. The normalized spacial score (nSPS) is 19.5. The molecule has 0 bridgehead atoms. The number of benzene rings is 1. The maximum absolute atomic E-state index is 12.3. The van der Waals surface area contributed by atoms with Gasteiger partial charge in [0.15, 0.2) is 0 Å². The van der Waals surface area contributed by atoms with Crippen LogP contribution in [0.25, 0.3) is 0 Å². The maximum atomic E-state index is 12.3. The Morgan fingerprint density at radius 1 is 0.844 bits per heavy atom. The lowest BCUT2D eigenvalue weighted by molar-refractivity contribution is 0.0319. The zero-order valence-corrected chi connectivity index (χ0v) is 21.1. The number of hydrogen-bond acceptors (Lipinski definition) is 3. The molecule has 0 saturated heterocycles. The highest BCUT2D eigenvalue weighted by atomic mass is 16.5. The number of carbonyl (C=O) groups is 1. The van der Waals surface area contributed by atoms with Crippen LogP contribution in [0, 0.1) is 11.8 Å². The third-order valence-electron chi connectivity index (χ3n) is 7.07. The van der Waals surface area contributed by atoms with Crippen molar-refractivity contribution < 1.29 is 14.3 Å². The highest BCUT2D eigenvalue weighted by Crippen LogP contribution is 2.34. The van der Waals surface area contributed by atoms with E-state index in [2.05, 4.69) is 13.8 Å². The number of esters is 1. The number of ether oxygens (including phenoxy) is 2. The number of unbranched alkanes of at least 4 members (excludes halogenated alkanes) is 5. The van der Waals surface area contributed by atoms with E-state index in [1.807, 2.05) is 31.2 Å². The second-order valence-corrected chi connectivity index (χ2v) is 9.96. The predicted molar refractivity (Wildman–Crippen MR) is 134 cm³/mol. The van der Waals surface area contributed by atoms with Crippen LogP contribution in [0.4, 0.5) is 0 Å². The van der Waals surface area contributed by atoms with Crippen LogP contribution in [-0.4, -0.2) is 18.7 Å². The van der Waals surface area contributed by atoms with E-state index < -0.39 is 0 Å². The molecule has 1 fully saturated rings. The van der Waals surface area contributed by atoms with Gasteiger partial charge in [0, 0.05) is 0 Å². The predicted octanol–water partition coefficient (Wildman–Crippen LogP) is 8.75. The molecule has 0 aromatic heterocycles. The molecule has 0 radical (unpaired) electrons. The van der Waals surface area contributed by atoms with Gasteiger partial charge in [-0.3, -0.25) is 0 Å². The maximum Gasteiger partial charge on any atom is 0.338 e. The molecule has 0 unspecified atom stereocenters. The van der Waals surface area contributed by atoms with Gasteiger partial charge >= 0.3 is 5.97 Å². The summed E-state index contributed by atoms with van der Waals surface area (Å²) in [6, 6.07) is 7.43. The molecule has 0 spiro atoms. The van der Waals surface area contributed by atoms with Crippen molar-refractivity contribution in [2.45, 2.75) is 123 Å². The van der Waals surface area contributed by atoms with Crippen LogP contribution in [0.3, 0.4) is 0 Å². The fraction of sp³-hybridized carbons (Fsp3) is 0.759. The van der Waals surface area contributed by atoms with Crippen LogP contribution < -0.4 is 4.74 Å². The van der Waals surface area contributed by atoms with E-state index >= 15 is 0 Å². The summed E-state index contributed by atoms with van der Waals surface area (Å²) >= 11 is 0. The van der Waals surface area contributed by atoms with Crippen molar-refractivity contribution in [1.29, 1.82) is 0 Å². The molecule has 182 valence electrons. The summed E-state index contributed by atoms with van der Waals surface area (Å²) in [6.07, 6.45) is 19.4. The van der Waals surface area contributed by atoms with Crippen LogP contribution in [-0.2, 0) is 4.74 Å². The summed E-state index contributed by atoms with van der Waals surface area (Å²) in [7, 11) is 0. The van der Waals surface area contributed by atoms with E-state index in [9.17, 15) is 4.79 Å². The fourth-order valence-corrected chi connectivity index (χ4v) is 4.91. The van der Waals surface area contributed by atoms with Gasteiger partial charge in [-0.05, 0) is 68.7 Å². The van der Waals surface area contributed by atoms with Crippen LogP contribution >= 0.6 is 0 Å². The lowest BCUT2D eigenvalue weighted by Crippen LogP contribution is -2.15. The quantitative estimate of drug-likeness (QED) is 0.189. The highest BCUT2D eigenvalue weighted by Gasteiger charge is 2.20. The Balaban J connectivity index is 1.57. The first kappa shape index (κ1) is 26.7. The number of hydrogen-bond donors (Lipinski definition) is 0. The molecule has 3 nitrogen and oxygen atoms in total. The Morgan fingerprint density at radius 3 is 2.06 bits per heavy atom. The molecule has 32 heavy (non-hydrogen) atoms. The largest absolute Gasteiger partial charge is 0.494 e. The molecule has 1 saturated carbocycles.